The Morgan fingerprint density at radius 3 is 1.35 bits per heavy atom. The van der Waals surface area contributed by atoms with Gasteiger partial charge < -0.3 is 9.31 Å². The number of hydrogen-bond acceptors (Lipinski definition) is 4. The predicted octanol–water partition coefficient (Wildman–Crippen LogP) is 3.26. The van der Waals surface area contributed by atoms with Crippen molar-refractivity contribution in [2.24, 2.45) is 0 Å². The van der Waals surface area contributed by atoms with Crippen LogP contribution in [-0.2, 0) is 0 Å². The fraction of sp³-hybridized carbons (Fsp3) is 0. The Balaban J connectivity index is 1.83. The van der Waals surface area contributed by atoms with Crippen molar-refractivity contribution in [3.05, 3.63) is 48.5 Å². The number of hydrogen-bond donors (Lipinski definition) is 2. The van der Waals surface area contributed by atoms with Gasteiger partial charge >= 0.3 is 7.69 Å². The van der Waals surface area contributed by atoms with Crippen LogP contribution < -0.4 is 9.31 Å². The molecule has 0 aromatic heterocycles. The summed E-state index contributed by atoms with van der Waals surface area (Å²) in [5.74, 6) is 1.40. The summed E-state index contributed by atoms with van der Waals surface area (Å²) in [6.07, 6.45) is 0. The van der Waals surface area contributed by atoms with Crippen molar-refractivity contribution >= 4 is 32.9 Å². The lowest BCUT2D eigenvalue weighted by Gasteiger charge is -2.06. The molecule has 17 heavy (non-hydrogen) atoms. The summed E-state index contributed by atoms with van der Waals surface area (Å²) in [4.78, 5) is 1.78. The molecule has 0 fully saturated rings. The van der Waals surface area contributed by atoms with Crippen LogP contribution in [-0.4, -0.2) is 7.69 Å². The van der Waals surface area contributed by atoms with Gasteiger partial charge in [-0.2, -0.15) is 0 Å². The van der Waals surface area contributed by atoms with Gasteiger partial charge in [-0.1, -0.05) is 0 Å². The van der Waals surface area contributed by atoms with Crippen LogP contribution >= 0.6 is 25.3 Å². The summed E-state index contributed by atoms with van der Waals surface area (Å²) in [5.41, 5.74) is 0. The molecule has 0 spiro atoms. The van der Waals surface area contributed by atoms with Crippen molar-refractivity contribution in [1.29, 1.82) is 0 Å². The third-order valence-corrected chi connectivity index (χ3v) is 2.64. The second-order valence-electron chi connectivity index (χ2n) is 3.32. The van der Waals surface area contributed by atoms with Crippen molar-refractivity contribution in [2.75, 3.05) is 0 Å². The van der Waals surface area contributed by atoms with Crippen molar-refractivity contribution in [3.63, 3.8) is 0 Å². The van der Waals surface area contributed by atoms with E-state index in [0.717, 1.165) is 9.79 Å². The molecule has 0 saturated carbocycles. The fourth-order valence-electron chi connectivity index (χ4n) is 1.18. The molecule has 0 saturated heterocycles. The number of thiol groups is 2. The first-order valence-corrected chi connectivity index (χ1v) is 5.86. The zero-order valence-electron chi connectivity index (χ0n) is 8.91. The van der Waals surface area contributed by atoms with E-state index in [0.29, 0.717) is 11.5 Å². The summed E-state index contributed by atoms with van der Waals surface area (Å²) in [7, 11) is 1.29. The fourth-order valence-corrected chi connectivity index (χ4v) is 1.48. The molecule has 2 nitrogen and oxygen atoms in total. The van der Waals surface area contributed by atoms with E-state index in [4.69, 9.17) is 9.31 Å². The molecule has 85 valence electrons. The molecule has 0 unspecified atom stereocenters. The standard InChI is InChI=1S/C12H10BO2S2/c16-11-5-1-9(2-6-11)14-13-15-10-3-7-12(17)8-4-10/h1-8,16-17H. The average molecular weight is 261 g/mol. The van der Waals surface area contributed by atoms with Crippen LogP contribution in [0.5, 0.6) is 11.5 Å². The van der Waals surface area contributed by atoms with Gasteiger partial charge in [0.25, 0.3) is 0 Å². The van der Waals surface area contributed by atoms with Crippen LogP contribution in [0, 0.1) is 0 Å². The first-order chi connectivity index (χ1) is 8.24. The Hall–Kier alpha value is -1.20. The van der Waals surface area contributed by atoms with Crippen LogP contribution in [0.1, 0.15) is 0 Å². The van der Waals surface area contributed by atoms with Gasteiger partial charge in [0.05, 0.1) is 0 Å². The molecule has 2 rings (SSSR count). The van der Waals surface area contributed by atoms with Crippen molar-refractivity contribution in [3.8, 4) is 11.5 Å². The largest absolute Gasteiger partial charge is 0.658 e. The summed E-state index contributed by atoms with van der Waals surface area (Å²) in [5, 5.41) is 0. The van der Waals surface area contributed by atoms with Gasteiger partial charge in [-0.3, -0.25) is 0 Å². The Morgan fingerprint density at radius 2 is 1.00 bits per heavy atom. The van der Waals surface area contributed by atoms with E-state index in [1.807, 2.05) is 48.5 Å². The molecule has 0 aliphatic carbocycles. The SMILES string of the molecule is Sc1ccc(O[B]Oc2ccc(S)cc2)cc1. The van der Waals surface area contributed by atoms with E-state index in [-0.39, 0.29) is 0 Å². The zero-order valence-corrected chi connectivity index (χ0v) is 10.7. The van der Waals surface area contributed by atoms with Gasteiger partial charge in [-0.05, 0) is 48.5 Å². The Labute approximate surface area is 112 Å². The second kappa shape index (κ2) is 5.93. The van der Waals surface area contributed by atoms with E-state index >= 15 is 0 Å². The predicted molar refractivity (Wildman–Crippen MR) is 74.4 cm³/mol. The van der Waals surface area contributed by atoms with Gasteiger partial charge in [0.1, 0.15) is 11.5 Å². The molecule has 0 atom stereocenters. The Kier molecular flexibility index (Phi) is 4.28. The minimum Gasteiger partial charge on any atom is -0.526 e. The lowest BCUT2D eigenvalue weighted by molar-refractivity contribution is 0.458. The molecular formula is C12H10BO2S2. The normalized spacial score (nSPS) is 9.76. The third-order valence-electron chi connectivity index (χ3n) is 2.04. The van der Waals surface area contributed by atoms with Crippen molar-refractivity contribution < 1.29 is 9.31 Å². The lowest BCUT2D eigenvalue weighted by atomic mass is 10.3. The molecular weight excluding hydrogens is 251 g/mol. The van der Waals surface area contributed by atoms with Gasteiger partial charge in [-0.15, -0.1) is 25.3 Å². The van der Waals surface area contributed by atoms with E-state index in [1.54, 1.807) is 0 Å². The maximum atomic E-state index is 5.29. The van der Waals surface area contributed by atoms with Gasteiger partial charge in [0, 0.05) is 9.79 Å². The maximum Gasteiger partial charge on any atom is 0.658 e. The molecule has 2 aromatic carbocycles. The number of benzene rings is 2. The zero-order chi connectivity index (χ0) is 12.1. The quantitative estimate of drug-likeness (QED) is 0.650. The minimum atomic E-state index is 0.702. The van der Waals surface area contributed by atoms with Crippen LogP contribution in [0.25, 0.3) is 0 Å². The van der Waals surface area contributed by atoms with E-state index < -0.39 is 0 Å². The molecule has 5 heteroatoms. The van der Waals surface area contributed by atoms with Crippen LogP contribution in [0.3, 0.4) is 0 Å². The van der Waals surface area contributed by atoms with Gasteiger partial charge in [-0.25, -0.2) is 0 Å². The molecule has 0 aliphatic rings. The van der Waals surface area contributed by atoms with Crippen LogP contribution in [0.4, 0.5) is 0 Å². The molecule has 0 bridgehead atoms. The Morgan fingerprint density at radius 1 is 0.647 bits per heavy atom. The molecule has 1 radical (unpaired) electrons. The molecule has 0 amide bonds. The number of rotatable bonds is 4. The van der Waals surface area contributed by atoms with E-state index in [1.165, 1.54) is 7.69 Å². The summed E-state index contributed by atoms with van der Waals surface area (Å²) < 4.78 is 10.6. The topological polar surface area (TPSA) is 18.5 Å². The highest BCUT2D eigenvalue weighted by molar-refractivity contribution is 7.80. The third kappa shape index (κ3) is 3.95. The first-order valence-electron chi connectivity index (χ1n) is 4.97. The smallest absolute Gasteiger partial charge is 0.526 e. The van der Waals surface area contributed by atoms with Gasteiger partial charge in [0.2, 0.25) is 0 Å². The monoisotopic (exact) mass is 261 g/mol. The first kappa shape index (κ1) is 12.3. The maximum absolute atomic E-state index is 5.29. The van der Waals surface area contributed by atoms with Crippen molar-refractivity contribution in [1.82, 2.24) is 0 Å². The molecule has 2 aromatic rings. The average Bonchev–Trinajstić information content (AvgIpc) is 2.34. The molecule has 0 aliphatic heterocycles. The highest BCUT2D eigenvalue weighted by atomic mass is 32.1. The molecule has 0 N–H and O–H groups in total. The summed E-state index contributed by atoms with van der Waals surface area (Å²) >= 11 is 8.37. The summed E-state index contributed by atoms with van der Waals surface area (Å²) in [6, 6.07) is 14.7. The summed E-state index contributed by atoms with van der Waals surface area (Å²) in [6.45, 7) is 0. The van der Waals surface area contributed by atoms with E-state index in [2.05, 4.69) is 25.3 Å². The highest BCUT2D eigenvalue weighted by Crippen LogP contribution is 2.16. The highest BCUT2D eigenvalue weighted by Gasteiger charge is 2.01. The van der Waals surface area contributed by atoms with Crippen LogP contribution in [0.15, 0.2) is 58.3 Å². The lowest BCUT2D eigenvalue weighted by Crippen LogP contribution is -2.10. The van der Waals surface area contributed by atoms with E-state index in [9.17, 15) is 0 Å². The molecule has 0 heterocycles. The minimum absolute atomic E-state index is 0.702. The second-order valence-corrected chi connectivity index (χ2v) is 4.35. The Bertz CT molecular complexity index is 425. The van der Waals surface area contributed by atoms with Crippen LogP contribution in [0.2, 0.25) is 0 Å². The van der Waals surface area contributed by atoms with Gasteiger partial charge in [0.15, 0.2) is 0 Å². The van der Waals surface area contributed by atoms with Crippen molar-refractivity contribution in [2.45, 2.75) is 9.79 Å².